The molecule has 0 unspecified atom stereocenters. The number of phenols is 1. The van der Waals surface area contributed by atoms with E-state index in [2.05, 4.69) is 5.32 Å². The van der Waals surface area contributed by atoms with Crippen LogP contribution in [0, 0.1) is 0 Å². The van der Waals surface area contributed by atoms with Gasteiger partial charge in [-0.05, 0) is 6.07 Å². The molecule has 2 aromatic carbocycles. The standard InChI is InChI=1S/C16H16ClNO4/c1-21-14-9-12(15(22-2)8-11(14)17)18-16(20)7-10-5-3-4-6-13(10)19/h3-6,8-9,19H,7H2,1-2H3,(H,18,20). The lowest BCUT2D eigenvalue weighted by Gasteiger charge is -2.13. The summed E-state index contributed by atoms with van der Waals surface area (Å²) in [5, 5.41) is 12.8. The molecule has 1 amide bonds. The molecule has 0 aliphatic rings. The summed E-state index contributed by atoms with van der Waals surface area (Å²) in [4.78, 5) is 12.1. The molecule has 22 heavy (non-hydrogen) atoms. The van der Waals surface area contributed by atoms with Crippen LogP contribution in [0.5, 0.6) is 17.2 Å². The van der Waals surface area contributed by atoms with Gasteiger partial charge in [0.1, 0.15) is 17.2 Å². The van der Waals surface area contributed by atoms with Gasteiger partial charge in [-0.2, -0.15) is 0 Å². The van der Waals surface area contributed by atoms with Crippen molar-refractivity contribution < 1.29 is 19.4 Å². The highest BCUT2D eigenvalue weighted by Gasteiger charge is 2.13. The molecule has 0 fully saturated rings. The Morgan fingerprint density at radius 3 is 2.50 bits per heavy atom. The minimum absolute atomic E-state index is 0.0424. The Kier molecular flexibility index (Phi) is 5.12. The van der Waals surface area contributed by atoms with Crippen molar-refractivity contribution in [1.29, 1.82) is 0 Å². The van der Waals surface area contributed by atoms with Crippen molar-refractivity contribution in [3.05, 3.63) is 47.0 Å². The third kappa shape index (κ3) is 3.62. The van der Waals surface area contributed by atoms with E-state index in [1.807, 2.05) is 0 Å². The zero-order valence-electron chi connectivity index (χ0n) is 12.2. The lowest BCUT2D eigenvalue weighted by atomic mass is 10.1. The van der Waals surface area contributed by atoms with Gasteiger partial charge in [-0.1, -0.05) is 29.8 Å². The topological polar surface area (TPSA) is 67.8 Å². The van der Waals surface area contributed by atoms with Gasteiger partial charge in [-0.15, -0.1) is 0 Å². The van der Waals surface area contributed by atoms with Gasteiger partial charge < -0.3 is 19.9 Å². The molecule has 0 saturated heterocycles. The number of amides is 1. The monoisotopic (exact) mass is 321 g/mol. The molecular formula is C16H16ClNO4. The van der Waals surface area contributed by atoms with Crippen molar-refractivity contribution in [2.24, 2.45) is 0 Å². The zero-order valence-corrected chi connectivity index (χ0v) is 13.0. The van der Waals surface area contributed by atoms with E-state index in [9.17, 15) is 9.90 Å². The lowest BCUT2D eigenvalue weighted by Crippen LogP contribution is -2.15. The number of rotatable bonds is 5. The van der Waals surface area contributed by atoms with Gasteiger partial charge >= 0.3 is 0 Å². The van der Waals surface area contributed by atoms with Crippen LogP contribution in [0.3, 0.4) is 0 Å². The molecule has 0 atom stereocenters. The summed E-state index contributed by atoms with van der Waals surface area (Å²) in [6, 6.07) is 9.83. The first kappa shape index (κ1) is 16.0. The first-order valence-electron chi connectivity index (χ1n) is 6.53. The number of ether oxygens (including phenoxy) is 2. The number of halogens is 1. The zero-order chi connectivity index (χ0) is 16.1. The molecule has 0 bridgehead atoms. The minimum atomic E-state index is -0.288. The Bertz CT molecular complexity index is 688. The lowest BCUT2D eigenvalue weighted by molar-refractivity contribution is -0.115. The van der Waals surface area contributed by atoms with Crippen LogP contribution in [0.15, 0.2) is 36.4 Å². The molecule has 0 aromatic heterocycles. The maximum absolute atomic E-state index is 12.1. The quantitative estimate of drug-likeness (QED) is 0.887. The first-order valence-corrected chi connectivity index (χ1v) is 6.91. The van der Waals surface area contributed by atoms with Crippen LogP contribution in [0.4, 0.5) is 5.69 Å². The van der Waals surface area contributed by atoms with Gasteiger partial charge in [0.15, 0.2) is 0 Å². The molecule has 0 heterocycles. The van der Waals surface area contributed by atoms with Crippen molar-refractivity contribution >= 4 is 23.2 Å². The number of hydrogen-bond donors (Lipinski definition) is 2. The van der Waals surface area contributed by atoms with Crippen molar-refractivity contribution in [3.8, 4) is 17.2 Å². The molecule has 0 aliphatic heterocycles. The average molecular weight is 322 g/mol. The molecular weight excluding hydrogens is 306 g/mol. The number of nitrogens with one attached hydrogen (secondary N) is 1. The SMILES string of the molecule is COc1cc(NC(=O)Cc2ccccc2O)c(OC)cc1Cl. The molecule has 0 radical (unpaired) electrons. The Balaban J connectivity index is 2.19. The predicted molar refractivity (Wildman–Crippen MR) is 85.0 cm³/mol. The molecule has 0 spiro atoms. The maximum Gasteiger partial charge on any atom is 0.229 e. The normalized spacial score (nSPS) is 10.1. The van der Waals surface area contributed by atoms with Crippen molar-refractivity contribution in [1.82, 2.24) is 0 Å². The second-order valence-electron chi connectivity index (χ2n) is 4.54. The summed E-state index contributed by atoms with van der Waals surface area (Å²) in [7, 11) is 2.97. The molecule has 116 valence electrons. The average Bonchev–Trinajstić information content (AvgIpc) is 2.50. The third-order valence-electron chi connectivity index (χ3n) is 3.09. The molecule has 0 saturated carbocycles. The highest BCUT2D eigenvalue weighted by Crippen LogP contribution is 2.36. The minimum Gasteiger partial charge on any atom is -0.508 e. The van der Waals surface area contributed by atoms with Gasteiger partial charge in [0, 0.05) is 17.7 Å². The van der Waals surface area contributed by atoms with E-state index in [4.69, 9.17) is 21.1 Å². The molecule has 2 N–H and O–H groups in total. The van der Waals surface area contributed by atoms with Crippen molar-refractivity contribution in [2.75, 3.05) is 19.5 Å². The van der Waals surface area contributed by atoms with Crippen LogP contribution in [-0.4, -0.2) is 25.2 Å². The van der Waals surface area contributed by atoms with Crippen LogP contribution >= 0.6 is 11.6 Å². The number of carbonyl (C=O) groups excluding carboxylic acids is 1. The van der Waals surface area contributed by atoms with E-state index >= 15 is 0 Å². The van der Waals surface area contributed by atoms with E-state index < -0.39 is 0 Å². The molecule has 5 nitrogen and oxygen atoms in total. The Hall–Kier alpha value is -2.40. The number of carbonyl (C=O) groups is 1. The second-order valence-corrected chi connectivity index (χ2v) is 4.95. The number of hydrogen-bond acceptors (Lipinski definition) is 4. The van der Waals surface area contributed by atoms with E-state index in [-0.39, 0.29) is 18.1 Å². The Labute approximate surface area is 133 Å². The van der Waals surface area contributed by atoms with Gasteiger partial charge in [-0.25, -0.2) is 0 Å². The maximum atomic E-state index is 12.1. The molecule has 6 heteroatoms. The summed E-state index contributed by atoms with van der Waals surface area (Å²) in [5.41, 5.74) is 0.990. The van der Waals surface area contributed by atoms with Crippen LogP contribution in [0.2, 0.25) is 5.02 Å². The number of anilines is 1. The fourth-order valence-electron chi connectivity index (χ4n) is 1.99. The number of para-hydroxylation sites is 1. The summed E-state index contributed by atoms with van der Waals surface area (Å²) in [6.07, 6.45) is 0.0424. The van der Waals surface area contributed by atoms with Crippen LogP contribution in [0.25, 0.3) is 0 Å². The highest BCUT2D eigenvalue weighted by atomic mass is 35.5. The largest absolute Gasteiger partial charge is 0.508 e. The summed E-state index contributed by atoms with van der Waals surface area (Å²) < 4.78 is 10.3. The summed E-state index contributed by atoms with van der Waals surface area (Å²) in [6.45, 7) is 0. The number of benzene rings is 2. The van der Waals surface area contributed by atoms with Crippen LogP contribution in [-0.2, 0) is 11.2 Å². The highest BCUT2D eigenvalue weighted by molar-refractivity contribution is 6.32. The Morgan fingerprint density at radius 1 is 1.18 bits per heavy atom. The van der Waals surface area contributed by atoms with Gasteiger partial charge in [0.05, 0.1) is 31.4 Å². The fraction of sp³-hybridized carbons (Fsp3) is 0.188. The number of methoxy groups -OCH3 is 2. The van der Waals surface area contributed by atoms with Crippen molar-refractivity contribution in [3.63, 3.8) is 0 Å². The van der Waals surface area contributed by atoms with Crippen LogP contribution < -0.4 is 14.8 Å². The predicted octanol–water partition coefficient (Wildman–Crippen LogP) is 3.24. The van der Waals surface area contributed by atoms with E-state index in [0.29, 0.717) is 27.8 Å². The first-order chi connectivity index (χ1) is 10.5. The summed E-state index contributed by atoms with van der Waals surface area (Å²) in [5.74, 6) is 0.652. The molecule has 0 aliphatic carbocycles. The van der Waals surface area contributed by atoms with E-state index in [0.717, 1.165) is 0 Å². The smallest absolute Gasteiger partial charge is 0.229 e. The Morgan fingerprint density at radius 2 is 1.86 bits per heavy atom. The van der Waals surface area contributed by atoms with Crippen molar-refractivity contribution in [2.45, 2.75) is 6.42 Å². The van der Waals surface area contributed by atoms with E-state index in [1.165, 1.54) is 20.3 Å². The van der Waals surface area contributed by atoms with Gasteiger partial charge in [0.2, 0.25) is 5.91 Å². The van der Waals surface area contributed by atoms with E-state index in [1.54, 1.807) is 30.3 Å². The molecule has 2 aromatic rings. The number of aromatic hydroxyl groups is 1. The third-order valence-corrected chi connectivity index (χ3v) is 3.39. The second kappa shape index (κ2) is 7.04. The van der Waals surface area contributed by atoms with Crippen LogP contribution in [0.1, 0.15) is 5.56 Å². The molecule has 2 rings (SSSR count). The summed E-state index contributed by atoms with van der Waals surface area (Å²) >= 11 is 6.02. The van der Waals surface area contributed by atoms with Gasteiger partial charge in [-0.3, -0.25) is 4.79 Å². The fourth-order valence-corrected chi connectivity index (χ4v) is 2.22. The van der Waals surface area contributed by atoms with Gasteiger partial charge in [0.25, 0.3) is 0 Å². The number of phenolic OH excluding ortho intramolecular Hbond substituents is 1.